The fraction of sp³-hybridized carbons (Fsp3) is 0.286. The number of hydrogen-bond donors (Lipinski definition) is 1. The predicted molar refractivity (Wildman–Crippen MR) is 77.6 cm³/mol. The lowest BCUT2D eigenvalue weighted by molar-refractivity contribution is -0.184. The van der Waals surface area contributed by atoms with Crippen LogP contribution in [0.15, 0.2) is 35.7 Å². The van der Waals surface area contributed by atoms with Crippen molar-refractivity contribution in [1.82, 2.24) is 4.98 Å². The minimum Gasteiger partial charge on any atom is -0.359 e. The van der Waals surface area contributed by atoms with Crippen LogP contribution in [-0.2, 0) is 9.53 Å². The molecule has 118 valence electrons. The van der Waals surface area contributed by atoms with E-state index in [0.29, 0.717) is 10.8 Å². The summed E-state index contributed by atoms with van der Waals surface area (Å²) >= 11 is 1.19. The van der Waals surface area contributed by atoms with Gasteiger partial charge in [0, 0.05) is 10.9 Å². The van der Waals surface area contributed by atoms with Gasteiger partial charge in [0.15, 0.2) is 5.13 Å². The summed E-state index contributed by atoms with van der Waals surface area (Å²) in [5, 5.41) is 4.51. The van der Waals surface area contributed by atoms with Crippen molar-refractivity contribution in [3.63, 3.8) is 0 Å². The molecule has 1 atom stereocenters. The van der Waals surface area contributed by atoms with E-state index in [1.807, 2.05) is 30.3 Å². The molecule has 22 heavy (non-hydrogen) atoms. The number of hydrogen-bond acceptors (Lipinski definition) is 4. The second kappa shape index (κ2) is 6.89. The van der Waals surface area contributed by atoms with E-state index in [4.69, 9.17) is 0 Å². The van der Waals surface area contributed by atoms with E-state index in [9.17, 15) is 18.0 Å². The van der Waals surface area contributed by atoms with Crippen molar-refractivity contribution in [2.45, 2.75) is 19.2 Å². The molecule has 0 spiro atoms. The molecule has 4 nitrogen and oxygen atoms in total. The van der Waals surface area contributed by atoms with Crippen LogP contribution in [0.25, 0.3) is 11.3 Å². The third kappa shape index (κ3) is 4.81. The number of benzene rings is 1. The number of halogens is 3. The van der Waals surface area contributed by atoms with Crippen molar-refractivity contribution in [2.75, 3.05) is 11.9 Å². The van der Waals surface area contributed by atoms with E-state index in [-0.39, 0.29) is 0 Å². The van der Waals surface area contributed by atoms with Crippen molar-refractivity contribution in [1.29, 1.82) is 0 Å². The minimum atomic E-state index is -4.46. The lowest BCUT2D eigenvalue weighted by Gasteiger charge is -2.13. The Kier molecular flexibility index (Phi) is 5.15. The maximum atomic E-state index is 12.0. The standard InChI is InChI=1S/C14H13F3N2O2S/c1-9(21-8-14(15,16)17)12(20)19-13-18-11(7-22-13)10-5-3-2-4-6-10/h2-7,9H,8H2,1H3,(H,18,19,20). The van der Waals surface area contributed by atoms with Gasteiger partial charge in [-0.2, -0.15) is 13.2 Å². The summed E-state index contributed by atoms with van der Waals surface area (Å²) in [5.41, 5.74) is 1.57. The van der Waals surface area contributed by atoms with Gasteiger partial charge in [0.05, 0.1) is 5.69 Å². The zero-order valence-electron chi connectivity index (χ0n) is 11.6. The van der Waals surface area contributed by atoms with Gasteiger partial charge in [0.2, 0.25) is 0 Å². The summed E-state index contributed by atoms with van der Waals surface area (Å²) in [6.45, 7) is -0.207. The Labute approximate surface area is 128 Å². The highest BCUT2D eigenvalue weighted by atomic mass is 32.1. The van der Waals surface area contributed by atoms with E-state index in [1.165, 1.54) is 18.3 Å². The monoisotopic (exact) mass is 330 g/mol. The van der Waals surface area contributed by atoms with Crippen LogP contribution in [-0.4, -0.2) is 29.8 Å². The Morgan fingerprint density at radius 2 is 2.05 bits per heavy atom. The lowest BCUT2D eigenvalue weighted by Crippen LogP contribution is -2.31. The first-order valence-electron chi connectivity index (χ1n) is 6.35. The summed E-state index contributed by atoms with van der Waals surface area (Å²) in [6, 6.07) is 9.34. The molecular formula is C14H13F3N2O2S. The van der Waals surface area contributed by atoms with E-state index < -0.39 is 24.8 Å². The van der Waals surface area contributed by atoms with Gasteiger partial charge in [-0.25, -0.2) is 4.98 Å². The summed E-state index contributed by atoms with van der Waals surface area (Å²) < 4.78 is 40.6. The van der Waals surface area contributed by atoms with Gasteiger partial charge in [0.1, 0.15) is 12.7 Å². The maximum absolute atomic E-state index is 12.0. The van der Waals surface area contributed by atoms with E-state index in [1.54, 1.807) is 5.38 Å². The van der Waals surface area contributed by atoms with Crippen LogP contribution in [0, 0.1) is 0 Å². The van der Waals surface area contributed by atoms with Crippen molar-refractivity contribution < 1.29 is 22.7 Å². The molecule has 0 aliphatic carbocycles. The Bertz CT molecular complexity index is 629. The van der Waals surface area contributed by atoms with Crippen molar-refractivity contribution in [3.05, 3.63) is 35.7 Å². The molecule has 1 aromatic heterocycles. The summed E-state index contributed by atoms with van der Waals surface area (Å²) in [7, 11) is 0. The van der Waals surface area contributed by atoms with Gasteiger partial charge >= 0.3 is 6.18 Å². The third-order valence-electron chi connectivity index (χ3n) is 2.67. The van der Waals surface area contributed by atoms with Gasteiger partial charge < -0.3 is 4.74 Å². The molecule has 2 rings (SSSR count). The number of alkyl halides is 3. The molecule has 8 heteroatoms. The molecule has 1 N–H and O–H groups in total. The Hall–Kier alpha value is -1.93. The van der Waals surface area contributed by atoms with Crippen LogP contribution >= 0.6 is 11.3 Å². The molecule has 2 aromatic rings. The van der Waals surface area contributed by atoms with Crippen LogP contribution < -0.4 is 5.32 Å². The van der Waals surface area contributed by atoms with Crippen molar-refractivity contribution in [3.8, 4) is 11.3 Å². The topological polar surface area (TPSA) is 51.2 Å². The Balaban J connectivity index is 1.94. The predicted octanol–water partition coefficient (Wildman–Crippen LogP) is 3.72. The summed E-state index contributed by atoms with van der Waals surface area (Å²) in [5.74, 6) is -0.668. The molecule has 1 aromatic carbocycles. The van der Waals surface area contributed by atoms with Crippen LogP contribution in [0.3, 0.4) is 0 Å². The Morgan fingerprint density at radius 1 is 1.36 bits per heavy atom. The number of carbonyl (C=O) groups excluding carboxylic acids is 1. The first-order valence-corrected chi connectivity index (χ1v) is 7.23. The number of nitrogens with one attached hydrogen (secondary N) is 1. The summed E-state index contributed by atoms with van der Waals surface area (Å²) in [6.07, 6.45) is -5.68. The zero-order chi connectivity index (χ0) is 16.2. The number of thiazole rings is 1. The normalized spacial score (nSPS) is 12.9. The van der Waals surface area contributed by atoms with Gasteiger partial charge in [0.25, 0.3) is 5.91 Å². The Morgan fingerprint density at radius 3 is 2.68 bits per heavy atom. The fourth-order valence-corrected chi connectivity index (χ4v) is 2.30. The molecular weight excluding hydrogens is 317 g/mol. The molecule has 0 fully saturated rings. The molecule has 1 heterocycles. The lowest BCUT2D eigenvalue weighted by atomic mass is 10.2. The SMILES string of the molecule is CC(OCC(F)(F)F)C(=O)Nc1nc(-c2ccccc2)cs1. The quantitative estimate of drug-likeness (QED) is 0.909. The van der Waals surface area contributed by atoms with Gasteiger partial charge in [-0.05, 0) is 6.92 Å². The first kappa shape index (κ1) is 16.4. The summed E-state index contributed by atoms with van der Waals surface area (Å²) in [4.78, 5) is 16.0. The number of aromatic nitrogens is 1. The van der Waals surface area contributed by atoms with Crippen LogP contribution in [0.2, 0.25) is 0 Å². The van der Waals surface area contributed by atoms with Gasteiger partial charge in [-0.3, -0.25) is 10.1 Å². The smallest absolute Gasteiger partial charge is 0.359 e. The third-order valence-corrected chi connectivity index (χ3v) is 3.43. The average molecular weight is 330 g/mol. The van der Waals surface area contributed by atoms with Crippen molar-refractivity contribution >= 4 is 22.4 Å². The number of anilines is 1. The number of amides is 1. The van der Waals surface area contributed by atoms with Gasteiger partial charge in [-0.15, -0.1) is 11.3 Å². The van der Waals surface area contributed by atoms with Crippen LogP contribution in [0.1, 0.15) is 6.92 Å². The highest BCUT2D eigenvalue weighted by Crippen LogP contribution is 2.24. The molecule has 1 unspecified atom stereocenters. The minimum absolute atomic E-state index is 0.311. The van der Waals surface area contributed by atoms with Crippen LogP contribution in [0.4, 0.5) is 18.3 Å². The van der Waals surface area contributed by atoms with Gasteiger partial charge in [-0.1, -0.05) is 30.3 Å². The highest BCUT2D eigenvalue weighted by Gasteiger charge is 2.30. The number of carbonyl (C=O) groups is 1. The fourth-order valence-electron chi connectivity index (χ4n) is 1.57. The second-order valence-electron chi connectivity index (χ2n) is 4.46. The maximum Gasteiger partial charge on any atom is 0.411 e. The molecule has 0 aliphatic rings. The highest BCUT2D eigenvalue weighted by molar-refractivity contribution is 7.14. The number of rotatable bonds is 5. The molecule has 0 bridgehead atoms. The number of nitrogens with zero attached hydrogens (tertiary/aromatic N) is 1. The molecule has 0 radical (unpaired) electrons. The van der Waals surface area contributed by atoms with Crippen molar-refractivity contribution in [2.24, 2.45) is 0 Å². The largest absolute Gasteiger partial charge is 0.411 e. The molecule has 1 amide bonds. The van der Waals surface area contributed by atoms with E-state index in [2.05, 4.69) is 15.0 Å². The molecule has 0 aliphatic heterocycles. The first-order chi connectivity index (χ1) is 10.3. The molecule has 0 saturated heterocycles. The molecule has 0 saturated carbocycles. The van der Waals surface area contributed by atoms with E-state index in [0.717, 1.165) is 5.56 Å². The number of ether oxygens (including phenoxy) is 1. The average Bonchev–Trinajstić information content (AvgIpc) is 2.93. The second-order valence-corrected chi connectivity index (χ2v) is 5.32. The zero-order valence-corrected chi connectivity index (χ0v) is 12.4. The van der Waals surface area contributed by atoms with E-state index >= 15 is 0 Å². The van der Waals surface area contributed by atoms with Crippen LogP contribution in [0.5, 0.6) is 0 Å².